The number of benzene rings is 1. The van der Waals surface area contributed by atoms with Crippen LogP contribution >= 0.6 is 0 Å². The average Bonchev–Trinajstić information content (AvgIpc) is 2.54. The lowest BCUT2D eigenvalue weighted by Gasteiger charge is -2.20. The van der Waals surface area contributed by atoms with Crippen LogP contribution in [0, 0.1) is 0 Å². The third-order valence-electron chi connectivity index (χ3n) is 2.76. The van der Waals surface area contributed by atoms with Crippen LogP contribution in [0.3, 0.4) is 0 Å². The summed E-state index contributed by atoms with van der Waals surface area (Å²) in [6.45, 7) is 0.884. The summed E-state index contributed by atoms with van der Waals surface area (Å²) in [5.41, 5.74) is 6.70. The van der Waals surface area contributed by atoms with Crippen molar-refractivity contribution in [1.82, 2.24) is 4.31 Å². The monoisotopic (exact) mass is 257 g/mol. The van der Waals surface area contributed by atoms with Crippen LogP contribution in [0.5, 0.6) is 5.75 Å². The van der Waals surface area contributed by atoms with Crippen molar-refractivity contribution in [2.24, 2.45) is 0 Å². The Balaban J connectivity index is 2.48. The summed E-state index contributed by atoms with van der Waals surface area (Å²) < 4.78 is 31.8. The van der Waals surface area contributed by atoms with Gasteiger partial charge >= 0.3 is 10.2 Å². The fraction of sp³-hybridized carbons (Fsp3) is 0.400. The van der Waals surface area contributed by atoms with E-state index in [4.69, 9.17) is 10.5 Å². The number of hydrogen-bond acceptors (Lipinski definition) is 4. The van der Waals surface area contributed by atoms with Gasteiger partial charge in [0.25, 0.3) is 0 Å². The van der Waals surface area contributed by atoms with Gasteiger partial charge in [0.15, 0.2) is 0 Å². The summed E-state index contributed by atoms with van der Waals surface area (Å²) in [7, 11) is -0.373. The molecule has 0 spiro atoms. The molecule has 1 aromatic carbocycles. The second kappa shape index (κ2) is 4.08. The molecule has 0 radical (unpaired) electrons. The van der Waals surface area contributed by atoms with E-state index in [1.54, 1.807) is 25.2 Å². The molecular formula is C10H15N3O3S. The molecule has 1 heterocycles. The second-order valence-electron chi connectivity index (χ2n) is 3.83. The fourth-order valence-corrected chi connectivity index (χ4v) is 3.14. The number of nitrogens with two attached hydrogens (primary N) is 1. The first-order valence-electron chi connectivity index (χ1n) is 5.14. The summed E-state index contributed by atoms with van der Waals surface area (Å²) >= 11 is 0. The van der Waals surface area contributed by atoms with Crippen molar-refractivity contribution in [3.8, 4) is 5.75 Å². The Morgan fingerprint density at radius 3 is 2.59 bits per heavy atom. The molecule has 7 heteroatoms. The van der Waals surface area contributed by atoms with Gasteiger partial charge in [-0.25, -0.2) is 0 Å². The first-order valence-corrected chi connectivity index (χ1v) is 6.54. The highest BCUT2D eigenvalue weighted by molar-refractivity contribution is 7.90. The van der Waals surface area contributed by atoms with Crippen LogP contribution in [0.4, 0.5) is 11.4 Å². The minimum absolute atomic E-state index is 0.416. The van der Waals surface area contributed by atoms with E-state index >= 15 is 0 Å². The van der Waals surface area contributed by atoms with Gasteiger partial charge in [0.1, 0.15) is 5.75 Å². The van der Waals surface area contributed by atoms with Crippen molar-refractivity contribution in [1.29, 1.82) is 0 Å². The van der Waals surface area contributed by atoms with Gasteiger partial charge in [0.2, 0.25) is 0 Å². The summed E-state index contributed by atoms with van der Waals surface area (Å²) in [6.07, 6.45) is 0. The van der Waals surface area contributed by atoms with Crippen molar-refractivity contribution in [2.45, 2.75) is 0 Å². The number of rotatable bonds is 2. The molecule has 2 N–H and O–H groups in total. The third kappa shape index (κ3) is 1.91. The Kier molecular flexibility index (Phi) is 2.88. The van der Waals surface area contributed by atoms with Gasteiger partial charge in [-0.2, -0.15) is 12.7 Å². The number of methoxy groups -OCH3 is 1. The fourth-order valence-electron chi connectivity index (χ4n) is 1.78. The number of ether oxygens (including phenoxy) is 1. The van der Waals surface area contributed by atoms with Crippen LogP contribution < -0.4 is 14.8 Å². The average molecular weight is 257 g/mol. The van der Waals surface area contributed by atoms with Crippen LogP contribution in [0.2, 0.25) is 0 Å². The molecule has 17 heavy (non-hydrogen) atoms. The zero-order valence-electron chi connectivity index (χ0n) is 9.75. The number of nitrogens with zero attached hydrogens (tertiary/aromatic N) is 2. The SMILES string of the molecule is COc1cc(N)ccc1N1CCN(C)S1(=O)=O. The van der Waals surface area contributed by atoms with E-state index in [1.807, 2.05) is 0 Å². The van der Waals surface area contributed by atoms with Crippen molar-refractivity contribution >= 4 is 21.6 Å². The molecule has 0 amide bonds. The quantitative estimate of drug-likeness (QED) is 0.772. The van der Waals surface area contributed by atoms with E-state index in [0.29, 0.717) is 30.2 Å². The van der Waals surface area contributed by atoms with E-state index in [-0.39, 0.29) is 0 Å². The van der Waals surface area contributed by atoms with Gasteiger partial charge in [0.05, 0.1) is 12.8 Å². The molecule has 1 saturated heterocycles. The predicted molar refractivity (Wildman–Crippen MR) is 66.3 cm³/mol. The highest BCUT2D eigenvalue weighted by Crippen LogP contribution is 2.34. The maximum absolute atomic E-state index is 12.0. The lowest BCUT2D eigenvalue weighted by atomic mass is 10.2. The molecule has 0 atom stereocenters. The van der Waals surface area contributed by atoms with E-state index in [2.05, 4.69) is 0 Å². The lowest BCUT2D eigenvalue weighted by molar-refractivity contribution is 0.416. The third-order valence-corrected chi connectivity index (χ3v) is 4.67. The standard InChI is InChI=1S/C10H15N3O3S/c1-12-5-6-13(17(12,14)15)9-4-3-8(11)7-10(9)16-2/h3-4,7H,5-6,11H2,1-2H3. The summed E-state index contributed by atoms with van der Waals surface area (Å²) in [5.74, 6) is 0.462. The Hall–Kier alpha value is -1.47. The van der Waals surface area contributed by atoms with Crippen molar-refractivity contribution in [3.63, 3.8) is 0 Å². The molecule has 6 nitrogen and oxygen atoms in total. The number of nitrogen functional groups attached to an aromatic ring is 1. The predicted octanol–water partition coefficient (Wildman–Crippen LogP) is 0.274. The number of likely N-dealkylation sites (N-methyl/N-ethyl adjacent to an activating group) is 1. The van der Waals surface area contributed by atoms with Gasteiger partial charge in [-0.15, -0.1) is 0 Å². The van der Waals surface area contributed by atoms with Crippen LogP contribution in [-0.2, 0) is 10.2 Å². The van der Waals surface area contributed by atoms with Gasteiger partial charge in [-0.3, -0.25) is 4.31 Å². The van der Waals surface area contributed by atoms with E-state index in [9.17, 15) is 8.42 Å². The molecular weight excluding hydrogens is 242 g/mol. The smallest absolute Gasteiger partial charge is 0.304 e. The summed E-state index contributed by atoms with van der Waals surface area (Å²) in [4.78, 5) is 0. The second-order valence-corrected chi connectivity index (χ2v) is 5.79. The van der Waals surface area contributed by atoms with Crippen molar-refractivity contribution < 1.29 is 13.2 Å². The van der Waals surface area contributed by atoms with E-state index in [1.165, 1.54) is 15.7 Å². The molecule has 2 rings (SSSR count). The molecule has 0 bridgehead atoms. The van der Waals surface area contributed by atoms with E-state index < -0.39 is 10.2 Å². The number of hydrogen-bond donors (Lipinski definition) is 1. The highest BCUT2D eigenvalue weighted by atomic mass is 32.2. The molecule has 1 aliphatic heterocycles. The first-order chi connectivity index (χ1) is 7.96. The van der Waals surface area contributed by atoms with Gasteiger partial charge < -0.3 is 10.5 Å². The van der Waals surface area contributed by atoms with Gasteiger partial charge in [-0.1, -0.05) is 0 Å². The highest BCUT2D eigenvalue weighted by Gasteiger charge is 2.35. The largest absolute Gasteiger partial charge is 0.494 e. The summed E-state index contributed by atoms with van der Waals surface area (Å²) in [6, 6.07) is 4.93. The molecule has 1 aliphatic rings. The zero-order chi connectivity index (χ0) is 12.6. The van der Waals surface area contributed by atoms with Crippen molar-refractivity contribution in [3.05, 3.63) is 18.2 Å². The molecule has 0 unspecified atom stereocenters. The van der Waals surface area contributed by atoms with Gasteiger partial charge in [0, 0.05) is 31.9 Å². The van der Waals surface area contributed by atoms with Crippen LogP contribution in [0.1, 0.15) is 0 Å². The Morgan fingerprint density at radius 1 is 1.35 bits per heavy atom. The topological polar surface area (TPSA) is 75.9 Å². The maximum atomic E-state index is 12.0. The summed E-state index contributed by atoms with van der Waals surface area (Å²) in [5, 5.41) is 0. The maximum Gasteiger partial charge on any atom is 0.304 e. The van der Waals surface area contributed by atoms with Gasteiger partial charge in [-0.05, 0) is 12.1 Å². The normalized spacial score (nSPS) is 19.5. The minimum atomic E-state index is -3.42. The Bertz CT molecular complexity index is 530. The Morgan fingerprint density at radius 2 is 2.06 bits per heavy atom. The molecule has 94 valence electrons. The molecule has 1 aromatic rings. The van der Waals surface area contributed by atoms with Crippen molar-refractivity contribution in [2.75, 3.05) is 37.3 Å². The Labute approximate surface area is 101 Å². The minimum Gasteiger partial charge on any atom is -0.494 e. The molecule has 0 aromatic heterocycles. The molecule has 0 saturated carbocycles. The molecule has 0 aliphatic carbocycles. The van der Waals surface area contributed by atoms with E-state index in [0.717, 1.165) is 0 Å². The van der Waals surface area contributed by atoms with Crippen LogP contribution in [0.15, 0.2) is 18.2 Å². The molecule has 1 fully saturated rings. The first kappa shape index (κ1) is 12.0. The number of anilines is 2. The van der Waals surface area contributed by atoms with Crippen LogP contribution in [0.25, 0.3) is 0 Å². The zero-order valence-corrected chi connectivity index (χ0v) is 10.6. The lowest BCUT2D eigenvalue weighted by Crippen LogP contribution is -2.30. The van der Waals surface area contributed by atoms with Crippen LogP contribution in [-0.4, -0.2) is 40.0 Å².